The van der Waals surface area contributed by atoms with Crippen LogP contribution >= 0.6 is 11.8 Å². The van der Waals surface area contributed by atoms with E-state index < -0.39 is 0 Å². The summed E-state index contributed by atoms with van der Waals surface area (Å²) >= 11 is 1.54. The number of hydrogen-bond acceptors (Lipinski definition) is 6. The smallest absolute Gasteiger partial charge is 0.144 e. The van der Waals surface area contributed by atoms with Crippen molar-refractivity contribution in [3.8, 4) is 5.75 Å². The van der Waals surface area contributed by atoms with Crippen LogP contribution in [0.2, 0.25) is 0 Å². The molecule has 0 fully saturated rings. The number of nitrogens with zero attached hydrogens (tertiary/aromatic N) is 2. The summed E-state index contributed by atoms with van der Waals surface area (Å²) in [5.41, 5.74) is 2.58. The Kier molecular flexibility index (Phi) is 5.20. The molecule has 0 atom stereocenters. The molecule has 2 rings (SSSR count). The highest BCUT2D eigenvalue weighted by molar-refractivity contribution is 7.99. The van der Waals surface area contributed by atoms with Gasteiger partial charge in [0.2, 0.25) is 0 Å². The molecular formula is C14H18N4OS. The summed E-state index contributed by atoms with van der Waals surface area (Å²) in [6.07, 6.45) is 1.82. The Labute approximate surface area is 122 Å². The number of nitrogens with two attached hydrogens (primary N) is 1. The number of para-hydroxylation sites is 1. The Morgan fingerprint density at radius 3 is 2.80 bits per heavy atom. The highest BCUT2D eigenvalue weighted by atomic mass is 32.2. The van der Waals surface area contributed by atoms with Crippen molar-refractivity contribution < 1.29 is 4.74 Å². The molecular weight excluding hydrogens is 272 g/mol. The summed E-state index contributed by atoms with van der Waals surface area (Å²) in [6, 6.07) is 9.68. The van der Waals surface area contributed by atoms with Crippen LogP contribution in [0.15, 0.2) is 40.3 Å². The maximum atomic E-state index is 5.46. The summed E-state index contributed by atoms with van der Waals surface area (Å²) in [4.78, 5) is 9.89. The van der Waals surface area contributed by atoms with Crippen molar-refractivity contribution in [2.45, 2.75) is 29.7 Å². The van der Waals surface area contributed by atoms with Gasteiger partial charge in [0.25, 0.3) is 0 Å². The number of hydrogen-bond donors (Lipinski definition) is 2. The number of nitrogen functional groups attached to an aromatic ring is 1. The number of hydrazine groups is 1. The first-order chi connectivity index (χ1) is 9.76. The lowest BCUT2D eigenvalue weighted by Gasteiger charge is -2.09. The van der Waals surface area contributed by atoms with Gasteiger partial charge in [0, 0.05) is 12.5 Å². The van der Waals surface area contributed by atoms with Crippen LogP contribution in [0.4, 0.5) is 5.82 Å². The van der Waals surface area contributed by atoms with E-state index in [4.69, 9.17) is 10.6 Å². The lowest BCUT2D eigenvalue weighted by Crippen LogP contribution is -2.10. The Hall–Kier alpha value is -1.79. The average Bonchev–Trinajstić information content (AvgIpc) is 2.48. The van der Waals surface area contributed by atoms with Gasteiger partial charge < -0.3 is 10.2 Å². The lowest BCUT2D eigenvalue weighted by molar-refractivity contribution is 0.405. The molecule has 5 nitrogen and oxygen atoms in total. The molecule has 0 bridgehead atoms. The monoisotopic (exact) mass is 290 g/mol. The third-order valence-corrected chi connectivity index (χ3v) is 3.63. The van der Waals surface area contributed by atoms with E-state index >= 15 is 0 Å². The summed E-state index contributed by atoms with van der Waals surface area (Å²) in [5.74, 6) is 7.71. The third kappa shape index (κ3) is 3.61. The summed E-state index contributed by atoms with van der Waals surface area (Å²) in [5, 5.41) is 0.848. The molecule has 20 heavy (non-hydrogen) atoms. The number of aryl methyl sites for hydroxylation is 1. The van der Waals surface area contributed by atoms with Crippen LogP contribution < -0.4 is 16.0 Å². The molecule has 2 aromatic rings. The normalized spacial score (nSPS) is 10.3. The second-order valence-corrected chi connectivity index (χ2v) is 5.22. The minimum absolute atomic E-state index is 0.626. The van der Waals surface area contributed by atoms with E-state index in [1.54, 1.807) is 7.11 Å². The van der Waals surface area contributed by atoms with Gasteiger partial charge >= 0.3 is 0 Å². The predicted octanol–water partition coefficient (Wildman–Crippen LogP) is 2.87. The fourth-order valence-electron chi connectivity index (χ4n) is 1.75. The quantitative estimate of drug-likeness (QED) is 0.484. The molecule has 1 heterocycles. The Balaban J connectivity index is 2.30. The van der Waals surface area contributed by atoms with Gasteiger partial charge in [0.05, 0.1) is 12.0 Å². The minimum Gasteiger partial charge on any atom is -0.496 e. The van der Waals surface area contributed by atoms with Crippen LogP contribution in [0.5, 0.6) is 5.75 Å². The lowest BCUT2D eigenvalue weighted by atomic mass is 10.3. The van der Waals surface area contributed by atoms with Crippen LogP contribution in [0.3, 0.4) is 0 Å². The third-order valence-electron chi connectivity index (χ3n) is 2.65. The van der Waals surface area contributed by atoms with Gasteiger partial charge in [-0.15, -0.1) is 0 Å². The first kappa shape index (κ1) is 14.6. The number of nitrogens with one attached hydrogen (secondary N) is 1. The number of benzene rings is 1. The van der Waals surface area contributed by atoms with Gasteiger partial charge in [0.15, 0.2) is 0 Å². The van der Waals surface area contributed by atoms with Crippen LogP contribution in [0.1, 0.15) is 19.2 Å². The standard InChI is InChI=1S/C14H18N4OS/c1-3-6-12-16-13(18-15)9-14(17-12)20-11-8-5-4-7-10(11)19-2/h4-5,7-9H,3,6,15H2,1-2H3,(H,16,17,18). The molecule has 1 aromatic heterocycles. The predicted molar refractivity (Wildman–Crippen MR) is 81.0 cm³/mol. The van der Waals surface area contributed by atoms with Gasteiger partial charge in [0.1, 0.15) is 22.4 Å². The second-order valence-electron chi connectivity index (χ2n) is 4.15. The summed E-state index contributed by atoms with van der Waals surface area (Å²) in [6.45, 7) is 2.10. The molecule has 0 aliphatic carbocycles. The zero-order valence-corrected chi connectivity index (χ0v) is 12.4. The molecule has 0 aliphatic heterocycles. The molecule has 0 spiro atoms. The molecule has 0 saturated carbocycles. The Morgan fingerprint density at radius 2 is 2.10 bits per heavy atom. The van der Waals surface area contributed by atoms with Crippen LogP contribution in [-0.2, 0) is 6.42 Å². The zero-order valence-electron chi connectivity index (χ0n) is 11.6. The fourth-order valence-corrected chi connectivity index (χ4v) is 2.70. The summed E-state index contributed by atoms with van der Waals surface area (Å²) < 4.78 is 5.35. The zero-order chi connectivity index (χ0) is 14.4. The molecule has 1 aromatic carbocycles. The number of methoxy groups -OCH3 is 1. The molecule has 0 unspecified atom stereocenters. The van der Waals surface area contributed by atoms with Crippen molar-refractivity contribution in [2.24, 2.45) is 5.84 Å². The number of aromatic nitrogens is 2. The Bertz CT molecular complexity index is 577. The van der Waals surface area contributed by atoms with E-state index in [9.17, 15) is 0 Å². The highest BCUT2D eigenvalue weighted by Gasteiger charge is 2.08. The number of rotatable bonds is 6. The van der Waals surface area contributed by atoms with Crippen molar-refractivity contribution in [1.29, 1.82) is 0 Å². The van der Waals surface area contributed by atoms with Gasteiger partial charge in [-0.25, -0.2) is 15.8 Å². The molecule has 0 radical (unpaired) electrons. The Morgan fingerprint density at radius 1 is 1.30 bits per heavy atom. The van der Waals surface area contributed by atoms with Gasteiger partial charge in [-0.05, 0) is 18.6 Å². The van der Waals surface area contributed by atoms with Crippen LogP contribution in [0.25, 0.3) is 0 Å². The van der Waals surface area contributed by atoms with Crippen molar-refractivity contribution in [1.82, 2.24) is 9.97 Å². The van der Waals surface area contributed by atoms with Crippen molar-refractivity contribution >= 4 is 17.6 Å². The van der Waals surface area contributed by atoms with E-state index in [0.29, 0.717) is 5.82 Å². The van der Waals surface area contributed by atoms with E-state index in [-0.39, 0.29) is 0 Å². The summed E-state index contributed by atoms with van der Waals surface area (Å²) in [7, 11) is 1.66. The van der Waals surface area contributed by atoms with Gasteiger partial charge in [-0.2, -0.15) is 0 Å². The average molecular weight is 290 g/mol. The van der Waals surface area contributed by atoms with E-state index in [1.807, 2.05) is 30.3 Å². The number of anilines is 1. The molecule has 0 amide bonds. The maximum Gasteiger partial charge on any atom is 0.144 e. The largest absolute Gasteiger partial charge is 0.496 e. The fraction of sp³-hybridized carbons (Fsp3) is 0.286. The van der Waals surface area contributed by atoms with Gasteiger partial charge in [-0.3, -0.25) is 0 Å². The van der Waals surface area contributed by atoms with Crippen molar-refractivity contribution in [2.75, 3.05) is 12.5 Å². The topological polar surface area (TPSA) is 73.1 Å². The van der Waals surface area contributed by atoms with E-state index in [0.717, 1.165) is 34.3 Å². The van der Waals surface area contributed by atoms with E-state index in [2.05, 4.69) is 22.3 Å². The highest BCUT2D eigenvalue weighted by Crippen LogP contribution is 2.34. The van der Waals surface area contributed by atoms with Crippen LogP contribution in [0, 0.1) is 0 Å². The SMILES string of the molecule is CCCc1nc(NN)cc(Sc2ccccc2OC)n1. The van der Waals surface area contributed by atoms with Crippen molar-refractivity contribution in [3.63, 3.8) is 0 Å². The molecule has 3 N–H and O–H groups in total. The maximum absolute atomic E-state index is 5.46. The van der Waals surface area contributed by atoms with Crippen LogP contribution in [-0.4, -0.2) is 17.1 Å². The second kappa shape index (κ2) is 7.12. The first-order valence-electron chi connectivity index (χ1n) is 6.42. The minimum atomic E-state index is 0.626. The molecule has 0 aliphatic rings. The van der Waals surface area contributed by atoms with Gasteiger partial charge in [-0.1, -0.05) is 30.8 Å². The van der Waals surface area contributed by atoms with E-state index in [1.165, 1.54) is 11.8 Å². The molecule has 0 saturated heterocycles. The molecule has 6 heteroatoms. The van der Waals surface area contributed by atoms with Crippen molar-refractivity contribution in [3.05, 3.63) is 36.2 Å². The number of ether oxygens (including phenoxy) is 1. The molecule has 106 valence electrons. The first-order valence-corrected chi connectivity index (χ1v) is 7.24.